The molecule has 1 aliphatic heterocycles. The molecule has 0 aromatic carbocycles. The molecule has 1 heterocycles. The van der Waals surface area contributed by atoms with Gasteiger partial charge in [-0.1, -0.05) is 6.08 Å². The quantitative estimate of drug-likeness (QED) is 0.750. The van der Waals surface area contributed by atoms with E-state index in [2.05, 4.69) is 5.32 Å². The fourth-order valence-corrected chi connectivity index (χ4v) is 2.00. The Kier molecular flexibility index (Phi) is 5.92. The van der Waals surface area contributed by atoms with Crippen molar-refractivity contribution in [1.29, 1.82) is 5.26 Å². The summed E-state index contributed by atoms with van der Waals surface area (Å²) in [6, 6.07) is 1.82. The number of nitrogens with one attached hydrogen (secondary N) is 1. The predicted octanol–water partition coefficient (Wildman–Crippen LogP) is 0.831. The molecule has 0 radical (unpaired) electrons. The van der Waals surface area contributed by atoms with Crippen LogP contribution in [0.2, 0.25) is 0 Å². The van der Waals surface area contributed by atoms with Crippen LogP contribution in [0.25, 0.3) is 0 Å². The minimum atomic E-state index is -0.218. The average molecular weight is 249 g/mol. The zero-order chi connectivity index (χ0) is 13.4. The Morgan fingerprint density at radius 2 is 2.11 bits per heavy atom. The molecule has 1 saturated heterocycles. The van der Waals surface area contributed by atoms with Gasteiger partial charge in [0.2, 0.25) is 11.8 Å². The van der Waals surface area contributed by atoms with E-state index >= 15 is 0 Å². The Morgan fingerprint density at radius 3 is 2.67 bits per heavy atom. The number of piperidine rings is 1. The first-order chi connectivity index (χ1) is 8.67. The average Bonchev–Trinajstić information content (AvgIpc) is 2.37. The maximum absolute atomic E-state index is 11.6. The molecule has 1 rings (SSSR count). The molecule has 0 spiro atoms. The number of carbonyl (C=O) groups is 2. The summed E-state index contributed by atoms with van der Waals surface area (Å²) in [6.45, 7) is 3.91. The van der Waals surface area contributed by atoms with Crippen LogP contribution in [0.3, 0.4) is 0 Å². The molecule has 1 N–H and O–H groups in total. The van der Waals surface area contributed by atoms with Crippen LogP contribution in [0.5, 0.6) is 0 Å². The van der Waals surface area contributed by atoms with Crippen LogP contribution >= 0.6 is 0 Å². The standard InChI is InChI=1S/C13H19N3O2/c1-2-3-13(18)16-8-5-11(6-9-16)10-15-12(17)4-7-14/h2-3,11H,4-6,8-10H2,1H3,(H,15,17)/b3-2+. The Balaban J connectivity index is 2.25. The molecule has 1 fully saturated rings. The van der Waals surface area contributed by atoms with Crippen molar-refractivity contribution in [2.24, 2.45) is 5.92 Å². The van der Waals surface area contributed by atoms with E-state index in [0.29, 0.717) is 12.5 Å². The molecule has 5 heteroatoms. The molecule has 18 heavy (non-hydrogen) atoms. The van der Waals surface area contributed by atoms with E-state index in [9.17, 15) is 9.59 Å². The predicted molar refractivity (Wildman–Crippen MR) is 67.4 cm³/mol. The van der Waals surface area contributed by atoms with Gasteiger partial charge in [-0.2, -0.15) is 5.26 Å². The van der Waals surface area contributed by atoms with Gasteiger partial charge in [0.1, 0.15) is 6.42 Å². The summed E-state index contributed by atoms with van der Waals surface area (Å²) in [5, 5.41) is 11.1. The lowest BCUT2D eigenvalue weighted by Gasteiger charge is -2.31. The van der Waals surface area contributed by atoms with Crippen molar-refractivity contribution in [2.75, 3.05) is 19.6 Å². The van der Waals surface area contributed by atoms with Crippen molar-refractivity contribution in [2.45, 2.75) is 26.2 Å². The first-order valence-corrected chi connectivity index (χ1v) is 6.22. The Bertz CT molecular complexity index is 363. The van der Waals surface area contributed by atoms with E-state index in [0.717, 1.165) is 25.9 Å². The number of likely N-dealkylation sites (tertiary alicyclic amines) is 1. The summed E-state index contributed by atoms with van der Waals surface area (Å²) in [5.41, 5.74) is 0. The van der Waals surface area contributed by atoms with E-state index in [1.54, 1.807) is 12.2 Å². The third kappa shape index (κ3) is 4.58. The molecule has 0 aromatic heterocycles. The summed E-state index contributed by atoms with van der Waals surface area (Å²) >= 11 is 0. The van der Waals surface area contributed by atoms with Crippen molar-refractivity contribution in [3.63, 3.8) is 0 Å². The summed E-state index contributed by atoms with van der Waals surface area (Å²) in [6.07, 6.45) is 5.04. The highest BCUT2D eigenvalue weighted by Crippen LogP contribution is 2.16. The Labute approximate surface area is 107 Å². The van der Waals surface area contributed by atoms with Crippen LogP contribution in [0.4, 0.5) is 0 Å². The number of hydrogen-bond donors (Lipinski definition) is 1. The molecule has 0 bridgehead atoms. The molecular formula is C13H19N3O2. The van der Waals surface area contributed by atoms with Gasteiger partial charge in [-0.15, -0.1) is 0 Å². The van der Waals surface area contributed by atoms with Gasteiger partial charge in [-0.25, -0.2) is 0 Å². The number of nitriles is 1. The van der Waals surface area contributed by atoms with Gasteiger partial charge in [0, 0.05) is 19.6 Å². The number of nitrogens with zero attached hydrogens (tertiary/aromatic N) is 2. The normalized spacial score (nSPS) is 16.6. The molecule has 0 saturated carbocycles. The molecule has 0 unspecified atom stereocenters. The largest absolute Gasteiger partial charge is 0.355 e. The van der Waals surface area contributed by atoms with Gasteiger partial charge in [0.25, 0.3) is 0 Å². The highest BCUT2D eigenvalue weighted by Gasteiger charge is 2.21. The number of amides is 2. The molecular weight excluding hydrogens is 230 g/mol. The minimum Gasteiger partial charge on any atom is -0.355 e. The highest BCUT2D eigenvalue weighted by molar-refractivity contribution is 5.87. The zero-order valence-corrected chi connectivity index (χ0v) is 10.7. The van der Waals surface area contributed by atoms with Gasteiger partial charge < -0.3 is 10.2 Å². The lowest BCUT2D eigenvalue weighted by Crippen LogP contribution is -2.40. The van der Waals surface area contributed by atoms with Gasteiger partial charge in [-0.3, -0.25) is 9.59 Å². The van der Waals surface area contributed by atoms with Crippen molar-refractivity contribution < 1.29 is 9.59 Å². The third-order valence-corrected chi connectivity index (χ3v) is 3.06. The van der Waals surface area contributed by atoms with Crippen LogP contribution in [0, 0.1) is 17.2 Å². The summed E-state index contributed by atoms with van der Waals surface area (Å²) < 4.78 is 0. The number of carbonyl (C=O) groups excluding carboxylic acids is 2. The number of rotatable bonds is 4. The lowest BCUT2D eigenvalue weighted by atomic mass is 9.96. The van der Waals surface area contributed by atoms with E-state index in [4.69, 9.17) is 5.26 Å². The zero-order valence-electron chi connectivity index (χ0n) is 10.7. The van der Waals surface area contributed by atoms with E-state index < -0.39 is 0 Å². The second-order valence-corrected chi connectivity index (χ2v) is 4.41. The Hall–Kier alpha value is -1.83. The SMILES string of the molecule is C/C=C/C(=O)N1CCC(CNC(=O)CC#N)CC1. The summed E-state index contributed by atoms with van der Waals surface area (Å²) in [5.74, 6) is 0.247. The van der Waals surface area contributed by atoms with Crippen molar-refractivity contribution in [1.82, 2.24) is 10.2 Å². The van der Waals surface area contributed by atoms with E-state index in [-0.39, 0.29) is 18.2 Å². The van der Waals surface area contributed by atoms with Gasteiger partial charge in [-0.05, 0) is 31.8 Å². The summed E-state index contributed by atoms with van der Waals surface area (Å²) in [4.78, 5) is 24.6. The second kappa shape index (κ2) is 7.49. The first kappa shape index (κ1) is 14.2. The molecule has 5 nitrogen and oxygen atoms in total. The van der Waals surface area contributed by atoms with E-state index in [1.165, 1.54) is 0 Å². The number of hydrogen-bond acceptors (Lipinski definition) is 3. The van der Waals surface area contributed by atoms with E-state index in [1.807, 2.05) is 17.9 Å². The maximum Gasteiger partial charge on any atom is 0.246 e. The monoisotopic (exact) mass is 249 g/mol. The van der Waals surface area contributed by atoms with Crippen LogP contribution < -0.4 is 5.32 Å². The van der Waals surface area contributed by atoms with Crippen LogP contribution in [-0.4, -0.2) is 36.3 Å². The highest BCUT2D eigenvalue weighted by atomic mass is 16.2. The van der Waals surface area contributed by atoms with Crippen molar-refractivity contribution >= 4 is 11.8 Å². The fourth-order valence-electron chi connectivity index (χ4n) is 2.00. The smallest absolute Gasteiger partial charge is 0.246 e. The van der Waals surface area contributed by atoms with Crippen molar-refractivity contribution in [3.05, 3.63) is 12.2 Å². The van der Waals surface area contributed by atoms with Gasteiger partial charge in [0.05, 0.1) is 6.07 Å². The molecule has 0 aliphatic carbocycles. The lowest BCUT2D eigenvalue weighted by molar-refractivity contribution is -0.127. The maximum atomic E-state index is 11.6. The molecule has 0 atom stereocenters. The molecule has 1 aliphatic rings. The topological polar surface area (TPSA) is 73.2 Å². The minimum absolute atomic E-state index is 0.0597. The second-order valence-electron chi connectivity index (χ2n) is 4.41. The van der Waals surface area contributed by atoms with Crippen molar-refractivity contribution in [3.8, 4) is 6.07 Å². The first-order valence-electron chi connectivity index (χ1n) is 6.22. The fraction of sp³-hybridized carbons (Fsp3) is 0.615. The summed E-state index contributed by atoms with van der Waals surface area (Å²) in [7, 11) is 0. The molecule has 0 aromatic rings. The third-order valence-electron chi connectivity index (χ3n) is 3.06. The molecule has 2 amide bonds. The van der Waals surface area contributed by atoms with Gasteiger partial charge >= 0.3 is 0 Å². The van der Waals surface area contributed by atoms with Crippen LogP contribution in [-0.2, 0) is 9.59 Å². The molecule has 98 valence electrons. The number of allylic oxidation sites excluding steroid dienone is 1. The van der Waals surface area contributed by atoms with Crippen LogP contribution in [0.15, 0.2) is 12.2 Å². The Morgan fingerprint density at radius 1 is 1.44 bits per heavy atom. The van der Waals surface area contributed by atoms with Crippen LogP contribution in [0.1, 0.15) is 26.2 Å². The van der Waals surface area contributed by atoms with Gasteiger partial charge in [0.15, 0.2) is 0 Å².